The first kappa shape index (κ1) is 16.0. The van der Waals surface area contributed by atoms with Crippen LogP contribution in [0, 0.1) is 5.82 Å². The van der Waals surface area contributed by atoms with Gasteiger partial charge in [0.1, 0.15) is 5.82 Å². The Balaban J connectivity index is 2.33. The Hall–Kier alpha value is -1.39. The van der Waals surface area contributed by atoms with E-state index in [1.54, 1.807) is 12.1 Å². The normalized spacial score (nSPS) is 12.6. The highest BCUT2D eigenvalue weighted by molar-refractivity contribution is 6.31. The molecular weight excluding hydrogens is 289 g/mol. The number of aryl methyl sites for hydroxylation is 2. The van der Waals surface area contributed by atoms with Crippen molar-refractivity contribution < 1.29 is 4.39 Å². The maximum atomic E-state index is 14.0. The highest BCUT2D eigenvalue weighted by Crippen LogP contribution is 2.26. The average molecular weight is 310 g/mol. The van der Waals surface area contributed by atoms with Gasteiger partial charge in [0.15, 0.2) is 0 Å². The Morgan fingerprint density at radius 1 is 1.38 bits per heavy atom. The molecule has 0 amide bonds. The molecule has 3 nitrogen and oxygen atoms in total. The Kier molecular flexibility index (Phi) is 5.37. The van der Waals surface area contributed by atoms with Crippen LogP contribution in [0.4, 0.5) is 4.39 Å². The molecule has 1 aromatic carbocycles. The summed E-state index contributed by atoms with van der Waals surface area (Å²) in [6, 6.07) is 6.86. The first-order chi connectivity index (χ1) is 10.1. The van der Waals surface area contributed by atoms with Gasteiger partial charge in [0.25, 0.3) is 0 Å². The standard InChI is InChI=1S/C16H21ClFN3/c1-4-11-9-16(21(3)20-11)15(19-5-2)10-12-13(17)7-6-8-14(12)18/h6-9,15,19H,4-5,10H2,1-3H3. The summed E-state index contributed by atoms with van der Waals surface area (Å²) in [5.74, 6) is -0.261. The van der Waals surface area contributed by atoms with Crippen LogP contribution >= 0.6 is 11.6 Å². The maximum absolute atomic E-state index is 14.0. The van der Waals surface area contributed by atoms with Gasteiger partial charge >= 0.3 is 0 Å². The molecular formula is C16H21ClFN3. The van der Waals surface area contributed by atoms with E-state index >= 15 is 0 Å². The summed E-state index contributed by atoms with van der Waals surface area (Å²) in [6.07, 6.45) is 1.38. The SMILES string of the molecule is CCNC(Cc1c(F)cccc1Cl)c1cc(CC)nn1C. The van der Waals surface area contributed by atoms with Gasteiger partial charge in [-0.2, -0.15) is 5.10 Å². The molecule has 2 aromatic rings. The fraction of sp³-hybridized carbons (Fsp3) is 0.438. The van der Waals surface area contributed by atoms with Gasteiger partial charge in [-0.25, -0.2) is 4.39 Å². The minimum absolute atomic E-state index is 0.0119. The van der Waals surface area contributed by atoms with Gasteiger partial charge in [-0.15, -0.1) is 0 Å². The Morgan fingerprint density at radius 3 is 2.71 bits per heavy atom. The fourth-order valence-electron chi connectivity index (χ4n) is 2.50. The van der Waals surface area contributed by atoms with Gasteiger partial charge in [0.05, 0.1) is 17.4 Å². The lowest BCUT2D eigenvalue weighted by Gasteiger charge is -2.19. The van der Waals surface area contributed by atoms with E-state index in [1.165, 1.54) is 6.07 Å². The van der Waals surface area contributed by atoms with Crippen LogP contribution in [0.2, 0.25) is 5.02 Å². The molecule has 1 unspecified atom stereocenters. The predicted molar refractivity (Wildman–Crippen MR) is 84.1 cm³/mol. The predicted octanol–water partition coefficient (Wildman–Crippen LogP) is 3.67. The molecule has 0 saturated heterocycles. The Morgan fingerprint density at radius 2 is 2.14 bits per heavy atom. The number of nitrogens with one attached hydrogen (secondary N) is 1. The number of rotatable bonds is 6. The number of hydrogen-bond donors (Lipinski definition) is 1. The summed E-state index contributed by atoms with van der Waals surface area (Å²) >= 11 is 6.14. The molecule has 1 heterocycles. The molecule has 1 atom stereocenters. The van der Waals surface area contributed by atoms with Gasteiger partial charge in [-0.1, -0.05) is 31.5 Å². The second-order valence-electron chi connectivity index (χ2n) is 5.05. The average Bonchev–Trinajstić information content (AvgIpc) is 2.83. The smallest absolute Gasteiger partial charge is 0.127 e. The minimum atomic E-state index is -0.261. The van der Waals surface area contributed by atoms with Crippen LogP contribution in [0.1, 0.15) is 36.8 Å². The van der Waals surface area contributed by atoms with E-state index in [1.807, 2.05) is 18.7 Å². The van der Waals surface area contributed by atoms with Gasteiger partial charge < -0.3 is 5.32 Å². The molecule has 0 saturated carbocycles. The van der Waals surface area contributed by atoms with Crippen LogP contribution in [-0.2, 0) is 19.9 Å². The van der Waals surface area contributed by atoms with Crippen molar-refractivity contribution in [2.75, 3.05) is 6.54 Å². The van der Waals surface area contributed by atoms with E-state index < -0.39 is 0 Å². The lowest BCUT2D eigenvalue weighted by Crippen LogP contribution is -2.25. The third-order valence-electron chi connectivity index (χ3n) is 3.61. The number of likely N-dealkylation sites (N-methyl/N-ethyl adjacent to an activating group) is 1. The summed E-state index contributed by atoms with van der Waals surface area (Å²) in [5, 5.41) is 8.33. The number of halogens is 2. The molecule has 0 radical (unpaired) electrons. The number of nitrogens with zero attached hydrogens (tertiary/aromatic N) is 2. The molecule has 0 aliphatic rings. The van der Waals surface area contributed by atoms with Gasteiger partial charge in [0, 0.05) is 17.6 Å². The zero-order chi connectivity index (χ0) is 15.4. The zero-order valence-electron chi connectivity index (χ0n) is 12.7. The summed E-state index contributed by atoms with van der Waals surface area (Å²) in [6.45, 7) is 4.90. The van der Waals surface area contributed by atoms with Crippen molar-refractivity contribution >= 4 is 11.6 Å². The summed E-state index contributed by atoms with van der Waals surface area (Å²) in [5.41, 5.74) is 2.63. The number of aromatic nitrogens is 2. The van der Waals surface area contributed by atoms with Crippen LogP contribution < -0.4 is 5.32 Å². The van der Waals surface area contributed by atoms with Crippen LogP contribution in [0.5, 0.6) is 0 Å². The second kappa shape index (κ2) is 7.05. The Bertz CT molecular complexity index is 589. The monoisotopic (exact) mass is 309 g/mol. The molecule has 1 N–H and O–H groups in total. The van der Waals surface area contributed by atoms with E-state index in [2.05, 4.69) is 23.4 Å². The highest BCUT2D eigenvalue weighted by atomic mass is 35.5. The van der Waals surface area contributed by atoms with Gasteiger partial charge in [-0.05, 0) is 37.6 Å². The molecule has 0 aliphatic heterocycles. The minimum Gasteiger partial charge on any atom is -0.309 e. The Labute approximate surface area is 130 Å². The maximum Gasteiger partial charge on any atom is 0.127 e. The van der Waals surface area contributed by atoms with Crippen molar-refractivity contribution in [1.82, 2.24) is 15.1 Å². The number of hydrogen-bond acceptors (Lipinski definition) is 2. The molecule has 0 bridgehead atoms. The van der Waals surface area contributed by atoms with Crippen LogP contribution in [0.25, 0.3) is 0 Å². The molecule has 21 heavy (non-hydrogen) atoms. The fourth-order valence-corrected chi connectivity index (χ4v) is 2.74. The van der Waals surface area contributed by atoms with E-state index in [0.717, 1.165) is 24.4 Å². The van der Waals surface area contributed by atoms with Crippen molar-refractivity contribution in [3.05, 3.63) is 52.1 Å². The van der Waals surface area contributed by atoms with E-state index in [9.17, 15) is 4.39 Å². The van der Waals surface area contributed by atoms with E-state index in [4.69, 9.17) is 11.6 Å². The molecule has 0 aliphatic carbocycles. The molecule has 5 heteroatoms. The summed E-state index contributed by atoms with van der Waals surface area (Å²) < 4.78 is 15.9. The third-order valence-corrected chi connectivity index (χ3v) is 3.96. The molecule has 0 spiro atoms. The van der Waals surface area contributed by atoms with Crippen LogP contribution in [0.3, 0.4) is 0 Å². The first-order valence-corrected chi connectivity index (χ1v) is 7.63. The second-order valence-corrected chi connectivity index (χ2v) is 5.46. The van der Waals surface area contributed by atoms with Gasteiger partial charge in [0.2, 0.25) is 0 Å². The van der Waals surface area contributed by atoms with Crippen molar-refractivity contribution in [3.63, 3.8) is 0 Å². The van der Waals surface area contributed by atoms with Crippen molar-refractivity contribution in [1.29, 1.82) is 0 Å². The largest absolute Gasteiger partial charge is 0.309 e. The van der Waals surface area contributed by atoms with Crippen LogP contribution in [-0.4, -0.2) is 16.3 Å². The lowest BCUT2D eigenvalue weighted by atomic mass is 10.0. The molecule has 0 fully saturated rings. The van der Waals surface area contributed by atoms with Gasteiger partial charge in [-0.3, -0.25) is 4.68 Å². The number of benzene rings is 1. The van der Waals surface area contributed by atoms with Crippen molar-refractivity contribution in [2.24, 2.45) is 7.05 Å². The van der Waals surface area contributed by atoms with E-state index in [0.29, 0.717) is 17.0 Å². The van der Waals surface area contributed by atoms with Crippen molar-refractivity contribution in [3.8, 4) is 0 Å². The highest BCUT2D eigenvalue weighted by Gasteiger charge is 2.19. The third kappa shape index (κ3) is 3.63. The summed E-state index contributed by atoms with van der Waals surface area (Å²) in [4.78, 5) is 0. The first-order valence-electron chi connectivity index (χ1n) is 7.25. The summed E-state index contributed by atoms with van der Waals surface area (Å²) in [7, 11) is 1.92. The molecule has 114 valence electrons. The molecule has 2 rings (SSSR count). The topological polar surface area (TPSA) is 29.9 Å². The molecule has 1 aromatic heterocycles. The van der Waals surface area contributed by atoms with Crippen molar-refractivity contribution in [2.45, 2.75) is 32.7 Å². The van der Waals surface area contributed by atoms with Crippen LogP contribution in [0.15, 0.2) is 24.3 Å². The zero-order valence-corrected chi connectivity index (χ0v) is 13.4. The van der Waals surface area contributed by atoms with E-state index in [-0.39, 0.29) is 11.9 Å². The lowest BCUT2D eigenvalue weighted by molar-refractivity contribution is 0.495. The quantitative estimate of drug-likeness (QED) is 0.882.